The van der Waals surface area contributed by atoms with E-state index in [-0.39, 0.29) is 5.91 Å². The number of carbonyl (C=O) groups is 1. The lowest BCUT2D eigenvalue weighted by molar-refractivity contribution is -0.121. The van der Waals surface area contributed by atoms with E-state index in [0.717, 1.165) is 30.5 Å². The molecule has 8 nitrogen and oxygen atoms in total. The fourth-order valence-corrected chi connectivity index (χ4v) is 2.06. The van der Waals surface area contributed by atoms with Gasteiger partial charge >= 0.3 is 0 Å². The van der Waals surface area contributed by atoms with Gasteiger partial charge in [0.05, 0.1) is 11.6 Å². The third-order valence-electron chi connectivity index (χ3n) is 3.35. The number of nitrogens with one attached hydrogen (secondary N) is 4. The molecule has 2 heterocycles. The molecule has 0 spiro atoms. The van der Waals surface area contributed by atoms with Crippen molar-refractivity contribution in [1.82, 2.24) is 25.5 Å². The number of H-pyrrole nitrogens is 1. The van der Waals surface area contributed by atoms with Crippen LogP contribution >= 0.6 is 0 Å². The summed E-state index contributed by atoms with van der Waals surface area (Å²) in [5.41, 5.74) is 0.684. The molecule has 1 aliphatic carbocycles. The highest BCUT2D eigenvalue weighted by Gasteiger charge is 2.22. The summed E-state index contributed by atoms with van der Waals surface area (Å²) in [6.45, 7) is 0.679. The lowest BCUT2D eigenvalue weighted by Crippen LogP contribution is -2.25. The zero-order chi connectivity index (χ0) is 14.7. The maximum absolute atomic E-state index is 11.6. The zero-order valence-corrected chi connectivity index (χ0v) is 11.9. The first-order valence-corrected chi connectivity index (χ1v) is 7.18. The molecule has 0 bridgehead atoms. The minimum absolute atomic E-state index is 0.131. The first kappa shape index (κ1) is 13.6. The smallest absolute Gasteiger partial charge is 0.226 e. The van der Waals surface area contributed by atoms with Gasteiger partial charge in [0.1, 0.15) is 5.82 Å². The van der Waals surface area contributed by atoms with Crippen LogP contribution in [0, 0.1) is 0 Å². The number of carbonyl (C=O) groups excluding carboxylic acids is 1. The van der Waals surface area contributed by atoms with Gasteiger partial charge in [-0.3, -0.25) is 9.89 Å². The summed E-state index contributed by atoms with van der Waals surface area (Å²) in [6.07, 6.45) is 5.22. The van der Waals surface area contributed by atoms with Gasteiger partial charge in [0.25, 0.3) is 0 Å². The van der Waals surface area contributed by atoms with Crippen molar-refractivity contribution in [3.05, 3.63) is 6.20 Å². The predicted octanol–water partition coefficient (Wildman–Crippen LogP) is 0.865. The maximum atomic E-state index is 11.6. The largest absolute Gasteiger partial charge is 0.369 e. The minimum Gasteiger partial charge on any atom is -0.369 e. The Balaban J connectivity index is 1.54. The van der Waals surface area contributed by atoms with Crippen LogP contribution in [-0.4, -0.2) is 45.7 Å². The fourth-order valence-electron chi connectivity index (χ4n) is 2.06. The van der Waals surface area contributed by atoms with Gasteiger partial charge in [-0.25, -0.2) is 0 Å². The summed E-state index contributed by atoms with van der Waals surface area (Å²) in [5, 5.41) is 16.8. The van der Waals surface area contributed by atoms with E-state index >= 15 is 0 Å². The van der Waals surface area contributed by atoms with Crippen LogP contribution in [0.2, 0.25) is 0 Å². The summed E-state index contributed by atoms with van der Waals surface area (Å²) in [5.74, 6) is 1.38. The number of aromatic nitrogens is 4. The van der Waals surface area contributed by atoms with Crippen molar-refractivity contribution in [1.29, 1.82) is 0 Å². The number of fused-ring (bicyclic) bond motifs is 1. The van der Waals surface area contributed by atoms with Crippen molar-refractivity contribution in [3.63, 3.8) is 0 Å². The van der Waals surface area contributed by atoms with Gasteiger partial charge in [-0.05, 0) is 19.3 Å². The maximum Gasteiger partial charge on any atom is 0.226 e. The third-order valence-corrected chi connectivity index (χ3v) is 3.35. The summed E-state index contributed by atoms with van der Waals surface area (Å²) in [6, 6.07) is 0.427. The predicted molar refractivity (Wildman–Crippen MR) is 80.1 cm³/mol. The monoisotopic (exact) mass is 289 g/mol. The average Bonchev–Trinajstić information content (AvgIpc) is 3.16. The standard InChI is InChI=1S/C13H19N7O/c1-14-13-18-11(9-7-16-20-12(9)19-13)15-6-2-3-10(21)17-8-4-5-8/h7-8H,2-6H2,1H3,(H,17,21)(H3,14,15,16,18,19,20). The molecular weight excluding hydrogens is 270 g/mol. The quantitative estimate of drug-likeness (QED) is 0.563. The van der Waals surface area contributed by atoms with E-state index in [2.05, 4.69) is 36.1 Å². The Hall–Kier alpha value is -2.38. The second-order valence-electron chi connectivity index (χ2n) is 5.15. The van der Waals surface area contributed by atoms with Crippen LogP contribution in [0.25, 0.3) is 11.0 Å². The SMILES string of the molecule is CNc1nc(NCCCC(=O)NC2CC2)c2cn[nH]c2n1. The van der Waals surface area contributed by atoms with Crippen molar-refractivity contribution in [2.24, 2.45) is 0 Å². The van der Waals surface area contributed by atoms with Crippen LogP contribution in [0.5, 0.6) is 0 Å². The van der Waals surface area contributed by atoms with E-state index in [9.17, 15) is 4.79 Å². The molecule has 0 unspecified atom stereocenters. The first-order chi connectivity index (χ1) is 10.3. The van der Waals surface area contributed by atoms with Gasteiger partial charge in [-0.15, -0.1) is 0 Å². The Kier molecular flexibility index (Phi) is 3.85. The van der Waals surface area contributed by atoms with Gasteiger partial charge in [-0.2, -0.15) is 15.1 Å². The molecule has 0 saturated heterocycles. The fraction of sp³-hybridized carbons (Fsp3) is 0.538. The number of anilines is 2. The molecule has 112 valence electrons. The van der Waals surface area contributed by atoms with Crippen LogP contribution in [0.4, 0.5) is 11.8 Å². The average molecular weight is 289 g/mol. The topological polar surface area (TPSA) is 108 Å². The van der Waals surface area contributed by atoms with Gasteiger partial charge < -0.3 is 16.0 Å². The number of aromatic amines is 1. The molecule has 21 heavy (non-hydrogen) atoms. The molecular formula is C13H19N7O. The Bertz CT molecular complexity index is 634. The number of hydrogen-bond acceptors (Lipinski definition) is 6. The van der Waals surface area contributed by atoms with E-state index in [1.165, 1.54) is 0 Å². The van der Waals surface area contributed by atoms with Gasteiger partial charge in [0, 0.05) is 26.1 Å². The second-order valence-corrected chi connectivity index (χ2v) is 5.15. The van der Waals surface area contributed by atoms with Gasteiger partial charge in [0.2, 0.25) is 11.9 Å². The molecule has 1 aliphatic rings. The molecule has 1 amide bonds. The number of nitrogens with zero attached hydrogens (tertiary/aromatic N) is 3. The third kappa shape index (κ3) is 3.39. The molecule has 4 N–H and O–H groups in total. The summed E-state index contributed by atoms with van der Waals surface area (Å²) in [4.78, 5) is 20.2. The van der Waals surface area contributed by atoms with Crippen molar-refractivity contribution in [3.8, 4) is 0 Å². The van der Waals surface area contributed by atoms with E-state index in [1.807, 2.05) is 0 Å². The highest BCUT2D eigenvalue weighted by atomic mass is 16.1. The number of rotatable bonds is 7. The van der Waals surface area contributed by atoms with E-state index < -0.39 is 0 Å². The Morgan fingerprint density at radius 3 is 3.05 bits per heavy atom. The van der Waals surface area contributed by atoms with Crippen molar-refractivity contribution < 1.29 is 4.79 Å². The van der Waals surface area contributed by atoms with Crippen molar-refractivity contribution in [2.45, 2.75) is 31.7 Å². The first-order valence-electron chi connectivity index (χ1n) is 7.18. The molecule has 2 aromatic rings. The van der Waals surface area contributed by atoms with E-state index in [1.54, 1.807) is 13.2 Å². The molecule has 0 aliphatic heterocycles. The van der Waals surface area contributed by atoms with Crippen LogP contribution in [-0.2, 0) is 4.79 Å². The molecule has 8 heteroatoms. The van der Waals surface area contributed by atoms with Crippen molar-refractivity contribution >= 4 is 28.7 Å². The molecule has 0 radical (unpaired) electrons. The Morgan fingerprint density at radius 1 is 1.43 bits per heavy atom. The number of amides is 1. The normalized spacial score (nSPS) is 14.1. The van der Waals surface area contributed by atoms with Gasteiger partial charge in [0.15, 0.2) is 5.65 Å². The molecule has 0 aromatic carbocycles. The van der Waals surface area contributed by atoms with Crippen LogP contribution in [0.3, 0.4) is 0 Å². The lowest BCUT2D eigenvalue weighted by atomic mass is 10.3. The summed E-state index contributed by atoms with van der Waals surface area (Å²) < 4.78 is 0. The van der Waals surface area contributed by atoms with Crippen molar-refractivity contribution in [2.75, 3.05) is 24.2 Å². The van der Waals surface area contributed by atoms with Crippen LogP contribution in [0.1, 0.15) is 25.7 Å². The summed E-state index contributed by atoms with van der Waals surface area (Å²) >= 11 is 0. The number of hydrogen-bond donors (Lipinski definition) is 4. The molecule has 0 atom stereocenters. The van der Waals surface area contributed by atoms with Crippen LogP contribution in [0.15, 0.2) is 6.20 Å². The summed E-state index contributed by atoms with van der Waals surface area (Å²) in [7, 11) is 1.77. The van der Waals surface area contributed by atoms with E-state index in [0.29, 0.717) is 30.6 Å². The molecule has 1 saturated carbocycles. The molecule has 2 aromatic heterocycles. The minimum atomic E-state index is 0.131. The lowest BCUT2D eigenvalue weighted by Gasteiger charge is -2.08. The highest BCUT2D eigenvalue weighted by Crippen LogP contribution is 2.20. The molecule has 3 rings (SSSR count). The Labute approximate surface area is 122 Å². The van der Waals surface area contributed by atoms with Crippen LogP contribution < -0.4 is 16.0 Å². The highest BCUT2D eigenvalue weighted by molar-refractivity contribution is 5.87. The Morgan fingerprint density at radius 2 is 2.29 bits per heavy atom. The second kappa shape index (κ2) is 5.94. The van der Waals surface area contributed by atoms with Gasteiger partial charge in [-0.1, -0.05) is 0 Å². The van der Waals surface area contributed by atoms with E-state index in [4.69, 9.17) is 0 Å². The molecule has 1 fully saturated rings. The zero-order valence-electron chi connectivity index (χ0n) is 11.9.